The van der Waals surface area contributed by atoms with Crippen molar-refractivity contribution in [3.8, 4) is 23.0 Å². The minimum absolute atomic E-state index is 0.0229. The van der Waals surface area contributed by atoms with Crippen molar-refractivity contribution in [3.05, 3.63) is 115 Å². The van der Waals surface area contributed by atoms with Crippen molar-refractivity contribution in [2.24, 2.45) is 65.8 Å². The van der Waals surface area contributed by atoms with Crippen molar-refractivity contribution in [1.29, 1.82) is 0 Å². The minimum atomic E-state index is -5.08. The molecule has 4 aromatic rings. The smallest absolute Gasteiger partial charge is 0.490 e. The number of carbonyl (C=O) groups is 4. The number of aliphatic imine (C=N–C) groups is 4. The van der Waals surface area contributed by atoms with Gasteiger partial charge in [0.05, 0.1) is 0 Å². The van der Waals surface area contributed by atoms with E-state index in [-0.39, 0.29) is 72.5 Å². The van der Waals surface area contributed by atoms with Gasteiger partial charge in [0, 0.05) is 51.9 Å². The molecule has 1 aliphatic carbocycles. The Morgan fingerprint density at radius 3 is 0.536 bits per heavy atom. The quantitative estimate of drug-likeness (QED) is 0.0485. The van der Waals surface area contributed by atoms with Crippen LogP contribution in [0.3, 0.4) is 0 Å². The molecule has 5 rings (SSSR count). The first-order valence-corrected chi connectivity index (χ1v) is 23.2. The number of guanidine groups is 4. The number of rotatable bonds is 12. The molecule has 24 nitrogen and oxygen atoms in total. The van der Waals surface area contributed by atoms with Gasteiger partial charge in [-0.2, -0.15) is 52.7 Å². The van der Waals surface area contributed by atoms with Crippen molar-refractivity contribution >= 4 is 47.7 Å². The number of aliphatic carboxylic acids is 4. The Kier molecular flexibility index (Phi) is 27.0. The summed E-state index contributed by atoms with van der Waals surface area (Å²) in [5.41, 5.74) is 52.7. The van der Waals surface area contributed by atoms with E-state index in [1.54, 1.807) is 0 Å². The highest BCUT2D eigenvalue weighted by Gasteiger charge is 2.40. The fourth-order valence-corrected chi connectivity index (χ4v) is 7.06. The highest BCUT2D eigenvalue weighted by molar-refractivity contribution is 5.77. The zero-order valence-corrected chi connectivity index (χ0v) is 43.3. The predicted octanol–water partition coefficient (Wildman–Crippen LogP) is 2.98. The molecule has 0 radical (unpaired) electrons. The first-order chi connectivity index (χ1) is 38.4. The van der Waals surface area contributed by atoms with E-state index in [9.17, 15) is 73.1 Å². The summed E-state index contributed by atoms with van der Waals surface area (Å²) in [7, 11) is 0. The monoisotopic (exact) mass is 1220 g/mol. The molecule has 0 aliphatic heterocycles. The van der Waals surface area contributed by atoms with E-state index in [1.165, 1.54) is 0 Å². The van der Waals surface area contributed by atoms with E-state index in [0.717, 1.165) is 22.3 Å². The third kappa shape index (κ3) is 26.2. The Hall–Kier alpha value is -9.80. The normalized spacial score (nSPS) is 11.8. The van der Waals surface area contributed by atoms with Crippen LogP contribution >= 0.6 is 0 Å². The SMILES string of the molecule is NC(N)=NCCc1cc2c(O)c(c1)Cc1cc(CCN=C(N)N)cc(c1O)Cc1cc(CCN=C(N)N)cc(c1O)Cc1cc(CCN=C(N)N)cc(c1O)C2.O=C(O)C(F)(F)F.O=C(O)C(F)(F)F.O=C(O)C(F)(F)F.O=C(O)C(F)(F)F. The zero-order chi connectivity index (χ0) is 64.8. The van der Waals surface area contributed by atoms with Gasteiger partial charge >= 0.3 is 48.6 Å². The molecule has 464 valence electrons. The van der Waals surface area contributed by atoms with Gasteiger partial charge in [0.1, 0.15) is 23.0 Å². The molecule has 8 bridgehead atoms. The lowest BCUT2D eigenvalue weighted by Gasteiger charge is -2.20. The summed E-state index contributed by atoms with van der Waals surface area (Å²) >= 11 is 0. The van der Waals surface area contributed by atoms with Crippen LogP contribution in [0.25, 0.3) is 0 Å². The molecule has 1 aliphatic rings. The second-order valence-electron chi connectivity index (χ2n) is 17.2. The number of hydrogen-bond donors (Lipinski definition) is 16. The van der Waals surface area contributed by atoms with Crippen LogP contribution in [0.4, 0.5) is 52.7 Å². The molecule has 0 unspecified atom stereocenters. The van der Waals surface area contributed by atoms with Crippen LogP contribution in [-0.2, 0) is 70.5 Å². The third-order valence-electron chi connectivity index (χ3n) is 10.6. The molecule has 36 heteroatoms. The number of hydrogen-bond acceptors (Lipinski definition) is 12. The van der Waals surface area contributed by atoms with Gasteiger partial charge in [-0.25, -0.2) is 19.2 Å². The van der Waals surface area contributed by atoms with Crippen LogP contribution in [0.2, 0.25) is 0 Å². The molecule has 0 amide bonds. The molecular formula is C48H56F12N12O12. The van der Waals surface area contributed by atoms with E-state index in [0.29, 0.717) is 96.4 Å². The van der Waals surface area contributed by atoms with Crippen LogP contribution in [-0.4, -0.2) is 139 Å². The number of carboxylic acids is 4. The summed E-state index contributed by atoms with van der Waals surface area (Å²) < 4.78 is 127. The third-order valence-corrected chi connectivity index (χ3v) is 10.6. The van der Waals surface area contributed by atoms with Crippen LogP contribution in [0.5, 0.6) is 23.0 Å². The second-order valence-corrected chi connectivity index (χ2v) is 17.2. The molecular weight excluding hydrogens is 1160 g/mol. The second kappa shape index (κ2) is 31.4. The first-order valence-electron chi connectivity index (χ1n) is 23.2. The van der Waals surface area contributed by atoms with Gasteiger partial charge in [0.2, 0.25) is 0 Å². The number of alkyl halides is 12. The van der Waals surface area contributed by atoms with Crippen molar-refractivity contribution in [2.45, 2.75) is 76.1 Å². The number of nitrogens with two attached hydrogens (primary N) is 8. The van der Waals surface area contributed by atoms with Gasteiger partial charge in [-0.3, -0.25) is 20.0 Å². The lowest BCUT2D eigenvalue weighted by atomic mass is 9.87. The molecule has 0 heterocycles. The Balaban J connectivity index is 0.00000103. The van der Waals surface area contributed by atoms with Crippen molar-refractivity contribution in [2.75, 3.05) is 26.2 Å². The van der Waals surface area contributed by atoms with E-state index >= 15 is 0 Å². The summed E-state index contributed by atoms with van der Waals surface area (Å²) in [5, 5.41) is 76.0. The summed E-state index contributed by atoms with van der Waals surface area (Å²) in [4.78, 5) is 52.2. The maximum absolute atomic E-state index is 11.9. The van der Waals surface area contributed by atoms with Gasteiger partial charge in [-0.1, -0.05) is 48.5 Å². The van der Waals surface area contributed by atoms with E-state index in [4.69, 9.17) is 85.5 Å². The zero-order valence-electron chi connectivity index (χ0n) is 43.3. The molecule has 4 aromatic carbocycles. The highest BCUT2D eigenvalue weighted by Crippen LogP contribution is 2.39. The number of aromatic hydroxyl groups is 4. The summed E-state index contributed by atoms with van der Waals surface area (Å²) in [6, 6.07) is 14.9. The number of phenolic OH excluding ortho intramolecular Hbond substituents is 4. The number of fused-ring (bicyclic) bond motifs is 8. The van der Waals surface area contributed by atoms with Crippen LogP contribution < -0.4 is 45.9 Å². The Labute approximate surface area is 466 Å². The summed E-state index contributed by atoms with van der Waals surface area (Å²) in [6.07, 6.45) is -17.9. The predicted molar refractivity (Wildman–Crippen MR) is 276 cm³/mol. The summed E-state index contributed by atoms with van der Waals surface area (Å²) in [6.45, 7) is 1.25. The van der Waals surface area contributed by atoms with Gasteiger partial charge in [-0.05, 0) is 92.4 Å². The molecule has 24 N–H and O–H groups in total. The Bertz CT molecular complexity index is 2580. The fourth-order valence-electron chi connectivity index (χ4n) is 7.06. The largest absolute Gasteiger partial charge is 0.507 e. The topological polar surface area (TPSA) is 488 Å². The molecule has 0 saturated carbocycles. The molecule has 0 aromatic heterocycles. The average Bonchev–Trinajstić information content (AvgIpc) is 3.53. The fraction of sp³-hybridized carbons (Fsp3) is 0.333. The Morgan fingerprint density at radius 2 is 0.440 bits per heavy atom. The van der Waals surface area contributed by atoms with Gasteiger partial charge < -0.3 is 86.7 Å². The molecule has 84 heavy (non-hydrogen) atoms. The van der Waals surface area contributed by atoms with E-state index in [1.807, 2.05) is 48.5 Å². The van der Waals surface area contributed by atoms with Crippen LogP contribution in [0.15, 0.2) is 68.5 Å². The van der Waals surface area contributed by atoms with Crippen molar-refractivity contribution in [1.82, 2.24) is 0 Å². The number of halogens is 12. The lowest BCUT2D eigenvalue weighted by molar-refractivity contribution is -0.193. The van der Waals surface area contributed by atoms with Gasteiger partial charge in [-0.15, -0.1) is 0 Å². The standard InChI is InChI=1S/C40H52N12O4.4C2HF3O2/c41-37(42)49-5-1-21-9-25-17-27-11-22(2-6-50-38(43)44)13-29(34(27)54)19-31-15-24(4-8-52-40(47)48)16-32(36(31)56)20-30-14-23(3-7-51-39(45)46)12-28(35(30)55)18-26(10-21)33(25)53;4*3-2(4,5)1(6)7/h9-16,53-56H,1-8,17-20H2,(H4,41,42,49)(H4,43,44,50)(H4,45,46,51)(H4,47,48,52);4*(H,6,7). The molecule has 0 atom stereocenters. The van der Waals surface area contributed by atoms with E-state index < -0.39 is 48.6 Å². The number of benzene rings is 4. The maximum atomic E-state index is 11.9. The van der Waals surface area contributed by atoms with Gasteiger partial charge in [0.15, 0.2) is 23.8 Å². The van der Waals surface area contributed by atoms with Crippen molar-refractivity contribution in [3.63, 3.8) is 0 Å². The summed E-state index contributed by atoms with van der Waals surface area (Å²) in [5.74, 6) is -11.1. The van der Waals surface area contributed by atoms with Crippen molar-refractivity contribution < 1.29 is 113 Å². The van der Waals surface area contributed by atoms with Crippen LogP contribution in [0.1, 0.15) is 66.8 Å². The average molecular weight is 1220 g/mol. The number of nitrogens with zero attached hydrogens (tertiary/aromatic N) is 4. The Morgan fingerprint density at radius 1 is 0.321 bits per heavy atom. The minimum Gasteiger partial charge on any atom is -0.507 e. The first kappa shape index (κ1) is 72.2. The van der Waals surface area contributed by atoms with E-state index in [2.05, 4.69) is 20.0 Å². The van der Waals surface area contributed by atoms with Crippen LogP contribution in [0, 0.1) is 0 Å². The molecule has 0 saturated heterocycles. The highest BCUT2D eigenvalue weighted by atomic mass is 19.4. The number of phenols is 4. The van der Waals surface area contributed by atoms with Gasteiger partial charge in [0.25, 0.3) is 0 Å². The molecule has 0 spiro atoms. The number of carboxylic acid groups (broad SMARTS) is 4. The molecule has 0 fully saturated rings. The lowest BCUT2D eigenvalue weighted by Crippen LogP contribution is -2.23. The maximum Gasteiger partial charge on any atom is 0.490 e.